The highest BCUT2D eigenvalue weighted by Gasteiger charge is 2.20. The van der Waals surface area contributed by atoms with Gasteiger partial charge in [-0.1, -0.05) is 0 Å². The van der Waals surface area contributed by atoms with Crippen LogP contribution < -0.4 is 10.6 Å². The van der Waals surface area contributed by atoms with Crippen molar-refractivity contribution in [1.82, 2.24) is 15.6 Å². The van der Waals surface area contributed by atoms with Crippen molar-refractivity contribution in [3.8, 4) is 0 Å². The van der Waals surface area contributed by atoms with Crippen LogP contribution in [0.25, 0.3) is 10.2 Å². The predicted octanol–water partition coefficient (Wildman–Crippen LogP) is 1.69. The van der Waals surface area contributed by atoms with Gasteiger partial charge in [0.25, 0.3) is 5.91 Å². The fourth-order valence-corrected chi connectivity index (χ4v) is 2.40. The molecule has 0 aliphatic rings. The van der Waals surface area contributed by atoms with Crippen molar-refractivity contribution in [3.63, 3.8) is 0 Å². The minimum absolute atomic E-state index is 0.328. The van der Waals surface area contributed by atoms with Crippen molar-refractivity contribution in [2.75, 3.05) is 6.54 Å². The minimum atomic E-state index is -1.08. The van der Waals surface area contributed by atoms with Crippen molar-refractivity contribution in [2.24, 2.45) is 0 Å². The van der Waals surface area contributed by atoms with Gasteiger partial charge in [0.2, 0.25) is 0 Å². The lowest BCUT2D eigenvalue weighted by Crippen LogP contribution is -2.44. The number of hydrogen-bond donors (Lipinski definition) is 2. The minimum Gasteiger partial charge on any atom is -0.449 e. The average molecular weight is 321 g/mol. The number of urea groups is 1. The van der Waals surface area contributed by atoms with E-state index in [-0.39, 0.29) is 0 Å². The van der Waals surface area contributed by atoms with Crippen LogP contribution in [0, 0.1) is 0 Å². The number of fused-ring (bicyclic) bond motifs is 1. The van der Waals surface area contributed by atoms with Crippen LogP contribution in [0.5, 0.6) is 0 Å². The van der Waals surface area contributed by atoms with Crippen LogP contribution in [-0.2, 0) is 9.53 Å². The number of nitrogens with zero attached hydrogens (tertiary/aromatic N) is 1. The van der Waals surface area contributed by atoms with E-state index in [1.165, 1.54) is 18.3 Å². The molecular weight excluding hydrogens is 306 g/mol. The normalized spacial score (nSPS) is 11.7. The number of thiazole rings is 1. The largest absolute Gasteiger partial charge is 0.449 e. The second-order valence-corrected chi connectivity index (χ2v) is 5.32. The molecule has 7 nitrogen and oxygen atoms in total. The van der Waals surface area contributed by atoms with Gasteiger partial charge in [0.15, 0.2) is 6.10 Å². The second-order valence-electron chi connectivity index (χ2n) is 4.43. The monoisotopic (exact) mass is 321 g/mol. The molecule has 1 heterocycles. The van der Waals surface area contributed by atoms with Crippen LogP contribution >= 0.6 is 11.3 Å². The topological polar surface area (TPSA) is 97.4 Å². The van der Waals surface area contributed by atoms with Gasteiger partial charge < -0.3 is 10.1 Å². The summed E-state index contributed by atoms with van der Waals surface area (Å²) < 4.78 is 5.91. The summed E-state index contributed by atoms with van der Waals surface area (Å²) in [5.41, 5.74) is 2.81. The van der Waals surface area contributed by atoms with Gasteiger partial charge in [-0.25, -0.2) is 14.6 Å². The number of imide groups is 1. The molecular formula is C14H15N3O4S. The highest BCUT2D eigenvalue weighted by Crippen LogP contribution is 2.19. The Kier molecular flexibility index (Phi) is 5.05. The summed E-state index contributed by atoms with van der Waals surface area (Å²) in [6, 6.07) is 4.33. The summed E-state index contributed by atoms with van der Waals surface area (Å²) in [5, 5.41) is 4.51. The number of carbonyl (C=O) groups excluding carboxylic acids is 3. The maximum Gasteiger partial charge on any atom is 0.338 e. The molecule has 2 aromatic rings. The molecule has 2 rings (SSSR count). The molecule has 3 amide bonds. The van der Waals surface area contributed by atoms with Gasteiger partial charge in [0.05, 0.1) is 21.3 Å². The van der Waals surface area contributed by atoms with E-state index in [0.717, 1.165) is 10.2 Å². The Balaban J connectivity index is 1.98. The lowest BCUT2D eigenvalue weighted by molar-refractivity contribution is -0.127. The Bertz CT molecular complexity index is 713. The summed E-state index contributed by atoms with van der Waals surface area (Å²) >= 11 is 1.41. The number of nitrogens with one attached hydrogen (secondary N) is 2. The van der Waals surface area contributed by atoms with Crippen LogP contribution in [0.2, 0.25) is 0 Å². The third-order valence-electron chi connectivity index (χ3n) is 2.79. The van der Waals surface area contributed by atoms with Crippen LogP contribution in [0.4, 0.5) is 4.79 Å². The van der Waals surface area contributed by atoms with Crippen LogP contribution in [0.1, 0.15) is 24.2 Å². The van der Waals surface area contributed by atoms with Crippen molar-refractivity contribution in [2.45, 2.75) is 20.0 Å². The Morgan fingerprint density at radius 1 is 1.36 bits per heavy atom. The molecule has 0 saturated heterocycles. The van der Waals surface area contributed by atoms with Gasteiger partial charge in [-0.15, -0.1) is 11.3 Å². The molecule has 0 bridgehead atoms. The van der Waals surface area contributed by atoms with Crippen molar-refractivity contribution >= 4 is 39.5 Å². The molecule has 0 fully saturated rings. The zero-order valence-corrected chi connectivity index (χ0v) is 12.9. The number of rotatable bonds is 4. The molecule has 2 N–H and O–H groups in total. The molecule has 0 saturated carbocycles. The summed E-state index contributed by atoms with van der Waals surface area (Å²) in [5.74, 6) is -1.31. The van der Waals surface area contributed by atoms with E-state index in [2.05, 4.69) is 15.6 Å². The van der Waals surface area contributed by atoms with E-state index in [1.54, 1.807) is 30.6 Å². The third kappa shape index (κ3) is 3.79. The molecule has 0 aliphatic heterocycles. The van der Waals surface area contributed by atoms with Crippen molar-refractivity contribution in [3.05, 3.63) is 29.3 Å². The Morgan fingerprint density at radius 2 is 2.14 bits per heavy atom. The molecule has 8 heteroatoms. The van der Waals surface area contributed by atoms with E-state index < -0.39 is 24.0 Å². The third-order valence-corrected chi connectivity index (χ3v) is 3.59. The molecule has 0 spiro atoms. The molecule has 1 aromatic carbocycles. The lowest BCUT2D eigenvalue weighted by Gasteiger charge is -2.13. The molecule has 0 unspecified atom stereocenters. The number of ether oxygens (including phenoxy) is 1. The van der Waals surface area contributed by atoms with Gasteiger partial charge in [0.1, 0.15) is 0 Å². The van der Waals surface area contributed by atoms with E-state index in [9.17, 15) is 14.4 Å². The standard InChI is InChI=1S/C14H15N3O4S/c1-3-15-14(20)17-12(18)8(2)21-13(19)9-4-5-10-11(6-9)22-7-16-10/h4-8H,3H2,1-2H3,(H2,15,17,18,20)/t8-/m1/s1. The first-order valence-electron chi connectivity index (χ1n) is 6.64. The van der Waals surface area contributed by atoms with Crippen LogP contribution in [0.3, 0.4) is 0 Å². The first-order chi connectivity index (χ1) is 10.5. The van der Waals surface area contributed by atoms with E-state index in [1.807, 2.05) is 0 Å². The molecule has 0 aliphatic carbocycles. The van der Waals surface area contributed by atoms with Crippen LogP contribution in [-0.4, -0.2) is 35.5 Å². The van der Waals surface area contributed by atoms with Gasteiger partial charge in [-0.3, -0.25) is 10.1 Å². The van der Waals surface area contributed by atoms with Gasteiger partial charge >= 0.3 is 12.0 Å². The first kappa shape index (κ1) is 15.9. The quantitative estimate of drug-likeness (QED) is 0.835. The predicted molar refractivity (Wildman–Crippen MR) is 81.7 cm³/mol. The van der Waals surface area contributed by atoms with Crippen LogP contribution in [0.15, 0.2) is 23.7 Å². The lowest BCUT2D eigenvalue weighted by atomic mass is 10.2. The highest BCUT2D eigenvalue weighted by molar-refractivity contribution is 7.16. The van der Waals surface area contributed by atoms with Gasteiger partial charge in [0, 0.05) is 6.54 Å². The Hall–Kier alpha value is -2.48. The molecule has 22 heavy (non-hydrogen) atoms. The van der Waals surface area contributed by atoms with Gasteiger partial charge in [-0.05, 0) is 32.0 Å². The highest BCUT2D eigenvalue weighted by atomic mass is 32.1. The fourth-order valence-electron chi connectivity index (χ4n) is 1.68. The number of hydrogen-bond acceptors (Lipinski definition) is 6. The van der Waals surface area contributed by atoms with E-state index in [4.69, 9.17) is 4.74 Å². The zero-order valence-electron chi connectivity index (χ0n) is 12.1. The summed E-state index contributed by atoms with van der Waals surface area (Å²) in [6.07, 6.45) is -1.08. The molecule has 1 atom stereocenters. The maximum absolute atomic E-state index is 12.0. The SMILES string of the molecule is CCNC(=O)NC(=O)[C@@H](C)OC(=O)c1ccc2ncsc2c1. The number of aromatic nitrogens is 1. The van der Waals surface area contributed by atoms with Crippen molar-refractivity contribution < 1.29 is 19.1 Å². The second kappa shape index (κ2) is 6.99. The van der Waals surface area contributed by atoms with Crippen molar-refractivity contribution in [1.29, 1.82) is 0 Å². The number of amides is 3. The smallest absolute Gasteiger partial charge is 0.338 e. The number of benzene rings is 1. The average Bonchev–Trinajstić information content (AvgIpc) is 2.94. The molecule has 1 aromatic heterocycles. The fraction of sp³-hybridized carbons (Fsp3) is 0.286. The molecule has 116 valence electrons. The van der Waals surface area contributed by atoms with Gasteiger partial charge in [-0.2, -0.15) is 0 Å². The zero-order chi connectivity index (χ0) is 16.1. The Morgan fingerprint density at radius 3 is 2.86 bits per heavy atom. The Labute approximate surface area is 130 Å². The molecule has 0 radical (unpaired) electrons. The van der Waals surface area contributed by atoms with E-state index in [0.29, 0.717) is 12.1 Å². The first-order valence-corrected chi connectivity index (χ1v) is 7.52. The number of esters is 1. The summed E-state index contributed by atoms with van der Waals surface area (Å²) in [4.78, 5) is 39.1. The maximum atomic E-state index is 12.0. The number of carbonyl (C=O) groups is 3. The van der Waals surface area contributed by atoms with E-state index >= 15 is 0 Å². The summed E-state index contributed by atoms with van der Waals surface area (Å²) in [6.45, 7) is 3.52. The summed E-state index contributed by atoms with van der Waals surface area (Å²) in [7, 11) is 0.